The molecule has 1 saturated heterocycles. The van der Waals surface area contributed by atoms with Crippen molar-refractivity contribution in [3.8, 4) is 5.75 Å². The van der Waals surface area contributed by atoms with Gasteiger partial charge in [0.1, 0.15) is 11.6 Å². The van der Waals surface area contributed by atoms with Gasteiger partial charge in [-0.1, -0.05) is 0 Å². The van der Waals surface area contributed by atoms with Crippen LogP contribution in [0.3, 0.4) is 0 Å². The number of likely N-dealkylation sites (tertiary alicyclic amines) is 1. The average molecular weight is 438 g/mol. The predicted octanol–water partition coefficient (Wildman–Crippen LogP) is 3.69. The smallest absolute Gasteiger partial charge is 0.220 e. The number of benzene rings is 1. The van der Waals surface area contributed by atoms with Gasteiger partial charge in [0.15, 0.2) is 5.82 Å². The molecule has 1 fully saturated rings. The SMILES string of the molecule is CNc1nc([C@H]2CCCN2C(C)=O)nc2c1CCN(Cc1c(C)cc(OC)c(C)c1C)C2. The summed E-state index contributed by atoms with van der Waals surface area (Å²) in [5, 5.41) is 3.28. The molecule has 1 N–H and O–H groups in total. The van der Waals surface area contributed by atoms with Gasteiger partial charge < -0.3 is 15.0 Å². The summed E-state index contributed by atoms with van der Waals surface area (Å²) in [4.78, 5) is 26.3. The van der Waals surface area contributed by atoms with Crippen LogP contribution in [-0.4, -0.2) is 52.9 Å². The number of hydrogen-bond acceptors (Lipinski definition) is 6. The number of nitrogens with zero attached hydrogens (tertiary/aromatic N) is 4. The number of anilines is 1. The maximum absolute atomic E-state index is 12.1. The zero-order chi connectivity index (χ0) is 23.0. The molecular weight excluding hydrogens is 402 g/mol. The van der Waals surface area contributed by atoms with Crippen molar-refractivity contribution in [1.82, 2.24) is 19.8 Å². The van der Waals surface area contributed by atoms with Gasteiger partial charge in [0.25, 0.3) is 0 Å². The highest BCUT2D eigenvalue weighted by molar-refractivity contribution is 5.74. The molecule has 0 spiro atoms. The zero-order valence-corrected chi connectivity index (χ0v) is 20.2. The summed E-state index contributed by atoms with van der Waals surface area (Å²) in [7, 11) is 3.65. The Morgan fingerprint density at radius 1 is 1.22 bits per heavy atom. The summed E-state index contributed by atoms with van der Waals surface area (Å²) in [6, 6.07) is 2.12. The van der Waals surface area contributed by atoms with Crippen molar-refractivity contribution in [2.45, 2.75) is 66.1 Å². The molecule has 0 unspecified atom stereocenters. The van der Waals surface area contributed by atoms with E-state index in [4.69, 9.17) is 14.7 Å². The van der Waals surface area contributed by atoms with E-state index in [1.54, 1.807) is 14.0 Å². The van der Waals surface area contributed by atoms with E-state index in [0.29, 0.717) is 0 Å². The van der Waals surface area contributed by atoms with Crippen LogP contribution in [0.2, 0.25) is 0 Å². The Kier molecular flexibility index (Phi) is 6.38. The van der Waals surface area contributed by atoms with Gasteiger partial charge in [-0.25, -0.2) is 9.97 Å². The van der Waals surface area contributed by atoms with Gasteiger partial charge in [0.2, 0.25) is 5.91 Å². The quantitative estimate of drug-likeness (QED) is 0.769. The molecular formula is C25H35N5O2. The Morgan fingerprint density at radius 3 is 2.69 bits per heavy atom. The molecule has 7 nitrogen and oxygen atoms in total. The van der Waals surface area contributed by atoms with Gasteiger partial charge >= 0.3 is 0 Å². The summed E-state index contributed by atoms with van der Waals surface area (Å²) >= 11 is 0. The molecule has 1 aromatic heterocycles. The van der Waals surface area contributed by atoms with Crippen LogP contribution in [0.15, 0.2) is 6.07 Å². The molecule has 7 heteroatoms. The minimum Gasteiger partial charge on any atom is -0.496 e. The molecule has 1 aromatic carbocycles. The summed E-state index contributed by atoms with van der Waals surface area (Å²) in [5.41, 5.74) is 7.43. The van der Waals surface area contributed by atoms with Crippen molar-refractivity contribution in [3.05, 3.63) is 45.4 Å². The molecule has 3 heterocycles. The van der Waals surface area contributed by atoms with Crippen LogP contribution >= 0.6 is 0 Å². The molecule has 1 atom stereocenters. The van der Waals surface area contributed by atoms with Crippen molar-refractivity contribution in [1.29, 1.82) is 0 Å². The van der Waals surface area contributed by atoms with E-state index in [9.17, 15) is 4.79 Å². The number of nitrogens with one attached hydrogen (secondary N) is 1. The van der Waals surface area contributed by atoms with Crippen molar-refractivity contribution in [2.75, 3.05) is 32.6 Å². The molecule has 0 saturated carbocycles. The Bertz CT molecular complexity index is 1040. The number of fused-ring (bicyclic) bond motifs is 1. The van der Waals surface area contributed by atoms with Gasteiger partial charge in [-0.2, -0.15) is 0 Å². The highest BCUT2D eigenvalue weighted by Crippen LogP contribution is 2.34. The van der Waals surface area contributed by atoms with E-state index < -0.39 is 0 Å². The Labute approximate surface area is 191 Å². The lowest BCUT2D eigenvalue weighted by Gasteiger charge is -2.31. The first-order chi connectivity index (χ1) is 15.3. The molecule has 32 heavy (non-hydrogen) atoms. The number of aromatic nitrogens is 2. The monoisotopic (exact) mass is 437 g/mol. The normalized spacial score (nSPS) is 18.6. The first-order valence-electron chi connectivity index (χ1n) is 11.5. The molecule has 2 aliphatic heterocycles. The molecule has 1 amide bonds. The molecule has 172 valence electrons. The molecule has 2 aliphatic rings. The Hall–Kier alpha value is -2.67. The predicted molar refractivity (Wildman–Crippen MR) is 126 cm³/mol. The van der Waals surface area contributed by atoms with E-state index in [1.807, 2.05) is 11.9 Å². The van der Waals surface area contributed by atoms with E-state index in [-0.39, 0.29) is 11.9 Å². The summed E-state index contributed by atoms with van der Waals surface area (Å²) < 4.78 is 5.55. The summed E-state index contributed by atoms with van der Waals surface area (Å²) in [5.74, 6) is 2.74. The minimum atomic E-state index is -0.0194. The van der Waals surface area contributed by atoms with Crippen LogP contribution in [0.1, 0.15) is 65.1 Å². The van der Waals surface area contributed by atoms with Crippen molar-refractivity contribution in [3.63, 3.8) is 0 Å². The van der Waals surface area contributed by atoms with Crippen LogP contribution in [0.25, 0.3) is 0 Å². The molecule has 4 rings (SSSR count). The third-order valence-corrected chi connectivity index (χ3v) is 7.16. The fraction of sp³-hybridized carbons (Fsp3) is 0.560. The van der Waals surface area contributed by atoms with E-state index >= 15 is 0 Å². The standard InChI is InChI=1S/C25H35N5O2/c1-15-12-23(32-6)17(3)16(2)20(15)13-29-11-9-19-21(14-29)27-25(28-24(19)26-5)22-8-7-10-30(22)18(4)31/h12,22H,7-11,13-14H2,1-6H3,(H,26,27,28)/t22-/m1/s1. The molecule has 0 aliphatic carbocycles. The molecule has 2 aromatic rings. The summed E-state index contributed by atoms with van der Waals surface area (Å²) in [6.45, 7) is 11.6. The highest BCUT2D eigenvalue weighted by atomic mass is 16.5. The number of aryl methyl sites for hydroxylation is 1. The van der Waals surface area contributed by atoms with Crippen molar-refractivity contribution in [2.24, 2.45) is 0 Å². The van der Waals surface area contributed by atoms with Crippen LogP contribution in [0.4, 0.5) is 5.82 Å². The number of hydrogen-bond donors (Lipinski definition) is 1. The van der Waals surface area contributed by atoms with Crippen LogP contribution in [0, 0.1) is 20.8 Å². The van der Waals surface area contributed by atoms with Crippen LogP contribution < -0.4 is 10.1 Å². The number of carbonyl (C=O) groups excluding carboxylic acids is 1. The fourth-order valence-electron chi connectivity index (χ4n) is 5.18. The lowest BCUT2D eigenvalue weighted by atomic mass is 9.96. The molecule has 0 radical (unpaired) electrons. The van der Waals surface area contributed by atoms with E-state index in [0.717, 1.165) is 68.5 Å². The first-order valence-corrected chi connectivity index (χ1v) is 11.5. The lowest BCUT2D eigenvalue weighted by molar-refractivity contribution is -0.129. The first kappa shape index (κ1) is 22.5. The number of amides is 1. The van der Waals surface area contributed by atoms with Crippen molar-refractivity contribution >= 4 is 11.7 Å². The van der Waals surface area contributed by atoms with Gasteiger partial charge in [-0.15, -0.1) is 0 Å². The minimum absolute atomic E-state index is 0.0194. The van der Waals surface area contributed by atoms with Gasteiger partial charge in [0.05, 0.1) is 18.8 Å². The average Bonchev–Trinajstić information content (AvgIpc) is 3.28. The number of ether oxygens (including phenoxy) is 1. The van der Waals surface area contributed by atoms with Gasteiger partial charge in [-0.05, 0) is 68.4 Å². The molecule has 0 bridgehead atoms. The highest BCUT2D eigenvalue weighted by Gasteiger charge is 2.32. The van der Waals surface area contributed by atoms with E-state index in [1.165, 1.54) is 27.8 Å². The zero-order valence-electron chi connectivity index (χ0n) is 20.2. The number of rotatable bonds is 5. The van der Waals surface area contributed by atoms with Gasteiger partial charge in [0, 0.05) is 45.7 Å². The van der Waals surface area contributed by atoms with Gasteiger partial charge in [-0.3, -0.25) is 9.69 Å². The van der Waals surface area contributed by atoms with E-state index in [2.05, 4.69) is 37.1 Å². The second-order valence-corrected chi connectivity index (χ2v) is 9.06. The fourth-order valence-corrected chi connectivity index (χ4v) is 5.18. The third-order valence-electron chi connectivity index (χ3n) is 7.16. The van der Waals surface area contributed by atoms with Crippen LogP contribution in [0.5, 0.6) is 5.75 Å². The number of carbonyl (C=O) groups is 1. The Balaban J connectivity index is 1.62. The Morgan fingerprint density at radius 2 is 2.00 bits per heavy atom. The van der Waals surface area contributed by atoms with Crippen molar-refractivity contribution < 1.29 is 9.53 Å². The number of methoxy groups -OCH3 is 1. The maximum Gasteiger partial charge on any atom is 0.220 e. The second-order valence-electron chi connectivity index (χ2n) is 9.06. The summed E-state index contributed by atoms with van der Waals surface area (Å²) in [6.07, 6.45) is 2.84. The van der Waals surface area contributed by atoms with Crippen LogP contribution in [-0.2, 0) is 24.3 Å². The lowest BCUT2D eigenvalue weighted by Crippen LogP contribution is -2.34. The maximum atomic E-state index is 12.1. The second kappa shape index (κ2) is 9.06. The topological polar surface area (TPSA) is 70.6 Å². The third kappa shape index (κ3) is 4.06. The largest absolute Gasteiger partial charge is 0.496 e.